The molecule has 4 nitrogen and oxygen atoms in total. The van der Waals surface area contributed by atoms with E-state index in [2.05, 4.69) is 45.9 Å². The maximum atomic E-state index is 10.7. The molecule has 0 aliphatic rings. The lowest BCUT2D eigenvalue weighted by molar-refractivity contribution is 0.0194. The first-order valence-corrected chi connectivity index (χ1v) is 12.2. The molecule has 2 rings (SSSR count). The molecule has 0 heterocycles. The van der Waals surface area contributed by atoms with Crippen molar-refractivity contribution >= 4 is 0 Å². The second-order valence-corrected chi connectivity index (χ2v) is 9.01. The first-order chi connectivity index (χ1) is 15.4. The number of aliphatic hydroxyl groups is 3. The van der Waals surface area contributed by atoms with Crippen molar-refractivity contribution in [3.8, 4) is 5.75 Å². The van der Waals surface area contributed by atoms with Crippen LogP contribution in [0.4, 0.5) is 0 Å². The van der Waals surface area contributed by atoms with Gasteiger partial charge >= 0.3 is 0 Å². The number of benzene rings is 2. The van der Waals surface area contributed by atoms with E-state index in [9.17, 15) is 15.3 Å². The van der Waals surface area contributed by atoms with Gasteiger partial charge in [0, 0.05) is 0 Å². The normalized spacial score (nSPS) is 12.2. The Hall–Kier alpha value is -1.88. The summed E-state index contributed by atoms with van der Waals surface area (Å²) in [6.45, 7) is 8.87. The Bertz CT molecular complexity index is 822. The van der Waals surface area contributed by atoms with E-state index in [0.717, 1.165) is 67.4 Å². The standard InChI is InChI=1S/C28H42O4/c1-5-27(6-2,15-10-16-28(31,7-3)8-4)25-11-9-12-26(18-25)32-21-22-13-14-23(19-29)24(17-22)20-30/h9,11-14,17-18,29-31H,5-8,10,15-16,19-21H2,1-4H3. The summed E-state index contributed by atoms with van der Waals surface area (Å²) in [6, 6.07) is 14.1. The van der Waals surface area contributed by atoms with Gasteiger partial charge in [0.1, 0.15) is 12.4 Å². The molecule has 0 bridgehead atoms. The SMILES string of the molecule is CCC(O)(CC)CCCC(CC)(CC)c1cccc(OCc2ccc(CO)c(CO)c2)c1. The van der Waals surface area contributed by atoms with E-state index in [-0.39, 0.29) is 18.6 Å². The van der Waals surface area contributed by atoms with E-state index in [1.807, 2.05) is 24.3 Å². The smallest absolute Gasteiger partial charge is 0.120 e. The van der Waals surface area contributed by atoms with Gasteiger partial charge in [-0.05, 0) is 90.8 Å². The summed E-state index contributed by atoms with van der Waals surface area (Å²) < 4.78 is 6.10. The van der Waals surface area contributed by atoms with Crippen molar-refractivity contribution in [2.75, 3.05) is 0 Å². The van der Waals surface area contributed by atoms with Crippen LogP contribution in [0.1, 0.15) is 94.9 Å². The Kier molecular flexibility index (Phi) is 10.2. The van der Waals surface area contributed by atoms with Crippen LogP contribution >= 0.6 is 0 Å². The van der Waals surface area contributed by atoms with Crippen molar-refractivity contribution in [2.24, 2.45) is 0 Å². The van der Waals surface area contributed by atoms with Gasteiger partial charge in [0.15, 0.2) is 0 Å². The third kappa shape index (κ3) is 6.57. The number of rotatable bonds is 14. The summed E-state index contributed by atoms with van der Waals surface area (Å²) in [7, 11) is 0. The first-order valence-electron chi connectivity index (χ1n) is 12.2. The maximum absolute atomic E-state index is 10.7. The van der Waals surface area contributed by atoms with E-state index < -0.39 is 5.60 Å². The van der Waals surface area contributed by atoms with Crippen LogP contribution in [-0.2, 0) is 25.2 Å². The highest BCUT2D eigenvalue weighted by Crippen LogP contribution is 2.39. The molecule has 0 radical (unpaired) electrons. The Labute approximate surface area is 194 Å². The molecular weight excluding hydrogens is 400 g/mol. The number of aliphatic hydroxyl groups excluding tert-OH is 2. The zero-order valence-electron chi connectivity index (χ0n) is 20.4. The van der Waals surface area contributed by atoms with E-state index in [1.165, 1.54) is 5.56 Å². The van der Waals surface area contributed by atoms with E-state index >= 15 is 0 Å². The third-order valence-electron chi connectivity index (χ3n) is 7.43. The van der Waals surface area contributed by atoms with Gasteiger partial charge in [0.2, 0.25) is 0 Å². The molecular formula is C28H42O4. The lowest BCUT2D eigenvalue weighted by atomic mass is 9.71. The molecule has 178 valence electrons. The summed E-state index contributed by atoms with van der Waals surface area (Å²) >= 11 is 0. The van der Waals surface area contributed by atoms with Gasteiger partial charge in [-0.1, -0.05) is 52.0 Å². The van der Waals surface area contributed by atoms with Gasteiger partial charge in [0.05, 0.1) is 18.8 Å². The monoisotopic (exact) mass is 442 g/mol. The zero-order valence-corrected chi connectivity index (χ0v) is 20.4. The summed E-state index contributed by atoms with van der Waals surface area (Å²) in [5, 5.41) is 29.6. The van der Waals surface area contributed by atoms with Crippen molar-refractivity contribution in [2.45, 2.75) is 103 Å². The molecule has 4 heteroatoms. The van der Waals surface area contributed by atoms with Crippen molar-refractivity contribution in [1.82, 2.24) is 0 Å². The molecule has 0 unspecified atom stereocenters. The zero-order chi connectivity index (χ0) is 23.6. The van der Waals surface area contributed by atoms with E-state index in [1.54, 1.807) is 0 Å². The van der Waals surface area contributed by atoms with Crippen LogP contribution in [0, 0.1) is 0 Å². The molecule has 0 saturated heterocycles. The molecule has 0 amide bonds. The minimum atomic E-state index is -0.544. The number of ether oxygens (including phenoxy) is 1. The molecule has 2 aromatic rings. The highest BCUT2D eigenvalue weighted by atomic mass is 16.5. The summed E-state index contributed by atoms with van der Waals surface area (Å²) in [6.07, 6.45) is 6.60. The fourth-order valence-corrected chi connectivity index (χ4v) is 4.67. The van der Waals surface area contributed by atoms with Gasteiger partial charge in [-0.3, -0.25) is 0 Å². The molecule has 0 saturated carbocycles. The van der Waals surface area contributed by atoms with Crippen LogP contribution in [0.15, 0.2) is 42.5 Å². The molecule has 0 fully saturated rings. The van der Waals surface area contributed by atoms with Gasteiger partial charge < -0.3 is 20.1 Å². The number of hydrogen-bond acceptors (Lipinski definition) is 4. The Balaban J connectivity index is 2.12. The highest BCUT2D eigenvalue weighted by Gasteiger charge is 2.30. The van der Waals surface area contributed by atoms with Crippen LogP contribution in [0.3, 0.4) is 0 Å². The van der Waals surface area contributed by atoms with Crippen molar-refractivity contribution < 1.29 is 20.1 Å². The van der Waals surface area contributed by atoms with Gasteiger partial charge in [-0.15, -0.1) is 0 Å². The largest absolute Gasteiger partial charge is 0.489 e. The van der Waals surface area contributed by atoms with Gasteiger partial charge in [-0.25, -0.2) is 0 Å². The molecule has 0 spiro atoms. The van der Waals surface area contributed by atoms with E-state index in [0.29, 0.717) is 6.61 Å². The fourth-order valence-electron chi connectivity index (χ4n) is 4.67. The lowest BCUT2D eigenvalue weighted by Crippen LogP contribution is -2.29. The van der Waals surface area contributed by atoms with Crippen LogP contribution in [0.25, 0.3) is 0 Å². The van der Waals surface area contributed by atoms with Crippen molar-refractivity contribution in [3.63, 3.8) is 0 Å². The molecule has 0 aliphatic heterocycles. The van der Waals surface area contributed by atoms with Crippen molar-refractivity contribution in [3.05, 3.63) is 64.7 Å². The predicted octanol–water partition coefficient (Wildman–Crippen LogP) is 6.03. The maximum Gasteiger partial charge on any atom is 0.120 e. The van der Waals surface area contributed by atoms with Gasteiger partial charge in [0.25, 0.3) is 0 Å². The molecule has 3 N–H and O–H groups in total. The fraction of sp³-hybridized carbons (Fsp3) is 0.571. The molecule has 0 aliphatic carbocycles. The van der Waals surface area contributed by atoms with Crippen molar-refractivity contribution in [1.29, 1.82) is 0 Å². The minimum Gasteiger partial charge on any atom is -0.489 e. The van der Waals surface area contributed by atoms with E-state index in [4.69, 9.17) is 4.74 Å². The molecule has 2 aromatic carbocycles. The Morgan fingerprint density at radius 2 is 1.47 bits per heavy atom. The predicted molar refractivity (Wildman–Crippen MR) is 131 cm³/mol. The summed E-state index contributed by atoms with van der Waals surface area (Å²) in [5.41, 5.74) is 3.27. The molecule has 32 heavy (non-hydrogen) atoms. The van der Waals surface area contributed by atoms with Crippen LogP contribution < -0.4 is 4.74 Å². The molecule has 0 atom stereocenters. The van der Waals surface area contributed by atoms with Crippen LogP contribution in [0.5, 0.6) is 5.75 Å². The second-order valence-electron chi connectivity index (χ2n) is 9.01. The van der Waals surface area contributed by atoms with Gasteiger partial charge in [-0.2, -0.15) is 0 Å². The summed E-state index contributed by atoms with van der Waals surface area (Å²) in [4.78, 5) is 0. The molecule has 0 aromatic heterocycles. The second kappa shape index (κ2) is 12.4. The highest BCUT2D eigenvalue weighted by molar-refractivity contribution is 5.35. The summed E-state index contributed by atoms with van der Waals surface area (Å²) in [5.74, 6) is 0.837. The average molecular weight is 443 g/mol. The first kappa shape index (κ1) is 26.4. The topological polar surface area (TPSA) is 69.9 Å². The van der Waals surface area contributed by atoms with Crippen LogP contribution in [-0.4, -0.2) is 20.9 Å². The van der Waals surface area contributed by atoms with Crippen LogP contribution in [0.2, 0.25) is 0 Å². The average Bonchev–Trinajstić information content (AvgIpc) is 2.85. The number of hydrogen-bond donors (Lipinski definition) is 3. The third-order valence-corrected chi connectivity index (χ3v) is 7.43. The Morgan fingerprint density at radius 1 is 0.781 bits per heavy atom. The minimum absolute atomic E-state index is 0.0780. The quantitative estimate of drug-likeness (QED) is 0.334. The lowest BCUT2D eigenvalue weighted by Gasteiger charge is -2.34. The Morgan fingerprint density at radius 3 is 2.06 bits per heavy atom.